The van der Waals surface area contributed by atoms with Crippen molar-refractivity contribution >= 4 is 17.7 Å². The van der Waals surface area contributed by atoms with Gasteiger partial charge < -0.3 is 20.1 Å². The summed E-state index contributed by atoms with van der Waals surface area (Å²) in [7, 11) is 0. The molecular weight excluding hydrogens is 279 g/mol. The van der Waals surface area contributed by atoms with E-state index in [1.165, 1.54) is 4.90 Å². The van der Waals surface area contributed by atoms with Crippen LogP contribution in [0.25, 0.3) is 0 Å². The monoisotopic (exact) mass is 298 g/mol. The van der Waals surface area contributed by atoms with E-state index in [-0.39, 0.29) is 11.3 Å². The van der Waals surface area contributed by atoms with Crippen LogP contribution in [-0.2, 0) is 4.74 Å². The van der Waals surface area contributed by atoms with Crippen LogP contribution in [0.4, 0.5) is 14.9 Å². The zero-order chi connectivity index (χ0) is 15.8. The lowest BCUT2D eigenvalue weighted by Gasteiger charge is -2.21. The molecule has 6 nitrogen and oxygen atoms in total. The number of carboxylic acids is 1. The Kier molecular flexibility index (Phi) is 6.61. The smallest absolute Gasteiger partial charge is 0.335 e. The molecule has 0 heterocycles. The number of nitrogens with zero attached hydrogens (tertiary/aromatic N) is 1. The van der Waals surface area contributed by atoms with E-state index in [0.29, 0.717) is 26.3 Å². The number of hydrogen-bond acceptors (Lipinski definition) is 3. The molecular formula is C14H19FN2O4. The van der Waals surface area contributed by atoms with Crippen molar-refractivity contribution < 1.29 is 23.8 Å². The minimum absolute atomic E-state index is 0.0935. The summed E-state index contributed by atoms with van der Waals surface area (Å²) in [6.45, 7) is 5.37. The molecule has 1 rings (SSSR count). The number of urea groups is 1. The first-order valence-electron chi connectivity index (χ1n) is 6.66. The number of carboxylic acid groups (broad SMARTS) is 1. The molecule has 7 heteroatoms. The van der Waals surface area contributed by atoms with Gasteiger partial charge in [-0.25, -0.2) is 14.0 Å². The van der Waals surface area contributed by atoms with Gasteiger partial charge in [-0.05, 0) is 32.0 Å². The molecule has 0 aromatic heterocycles. The Morgan fingerprint density at radius 3 is 2.67 bits per heavy atom. The van der Waals surface area contributed by atoms with Crippen molar-refractivity contribution in [3.05, 3.63) is 29.6 Å². The third-order valence-electron chi connectivity index (χ3n) is 2.83. The van der Waals surface area contributed by atoms with Gasteiger partial charge in [0.2, 0.25) is 0 Å². The van der Waals surface area contributed by atoms with E-state index in [9.17, 15) is 14.0 Å². The first-order chi connectivity index (χ1) is 9.99. The fourth-order valence-corrected chi connectivity index (χ4v) is 1.67. The van der Waals surface area contributed by atoms with Crippen molar-refractivity contribution in [2.24, 2.45) is 0 Å². The molecule has 21 heavy (non-hydrogen) atoms. The summed E-state index contributed by atoms with van der Waals surface area (Å²) in [5.74, 6) is -1.87. The van der Waals surface area contributed by atoms with Gasteiger partial charge in [0.1, 0.15) is 5.82 Å². The number of aromatic carboxylic acids is 1. The minimum atomic E-state index is -1.19. The fourth-order valence-electron chi connectivity index (χ4n) is 1.67. The Labute approximate surface area is 122 Å². The summed E-state index contributed by atoms with van der Waals surface area (Å²) >= 11 is 0. The Hall–Kier alpha value is -2.15. The van der Waals surface area contributed by atoms with Gasteiger partial charge in [0.05, 0.1) is 17.9 Å². The van der Waals surface area contributed by atoms with E-state index in [4.69, 9.17) is 9.84 Å². The number of carbonyl (C=O) groups excluding carboxylic acids is 1. The van der Waals surface area contributed by atoms with Crippen molar-refractivity contribution in [3.63, 3.8) is 0 Å². The normalized spacial score (nSPS) is 10.2. The van der Waals surface area contributed by atoms with Gasteiger partial charge in [-0.15, -0.1) is 0 Å². The molecule has 0 unspecified atom stereocenters. The first-order valence-corrected chi connectivity index (χ1v) is 6.66. The third-order valence-corrected chi connectivity index (χ3v) is 2.83. The molecule has 0 atom stereocenters. The maximum atomic E-state index is 13.6. The van der Waals surface area contributed by atoms with Crippen molar-refractivity contribution in [3.8, 4) is 0 Å². The van der Waals surface area contributed by atoms with E-state index in [1.807, 2.05) is 6.92 Å². The summed E-state index contributed by atoms with van der Waals surface area (Å²) in [5, 5.41) is 11.2. The molecule has 0 radical (unpaired) electrons. The predicted molar refractivity (Wildman–Crippen MR) is 76.1 cm³/mol. The first kappa shape index (κ1) is 16.9. The standard InChI is InChI=1S/C14H19FN2O4/c1-3-17(7-8-21-4-2)14(20)16-12-9-10(13(18)19)5-6-11(12)15/h5-6,9H,3-4,7-8H2,1-2H3,(H,16,20)(H,18,19). The van der Waals surface area contributed by atoms with E-state index in [1.54, 1.807) is 6.92 Å². The zero-order valence-corrected chi connectivity index (χ0v) is 12.1. The van der Waals surface area contributed by atoms with Crippen molar-refractivity contribution in [1.29, 1.82) is 0 Å². The van der Waals surface area contributed by atoms with Crippen LogP contribution in [0.15, 0.2) is 18.2 Å². The maximum absolute atomic E-state index is 13.6. The van der Waals surface area contributed by atoms with Gasteiger partial charge in [0, 0.05) is 19.7 Å². The fraction of sp³-hybridized carbons (Fsp3) is 0.429. The number of anilines is 1. The highest BCUT2D eigenvalue weighted by atomic mass is 19.1. The number of ether oxygens (including phenoxy) is 1. The molecule has 0 saturated heterocycles. The largest absolute Gasteiger partial charge is 0.478 e. The molecule has 2 N–H and O–H groups in total. The Morgan fingerprint density at radius 2 is 2.10 bits per heavy atom. The van der Waals surface area contributed by atoms with Gasteiger partial charge in [-0.3, -0.25) is 0 Å². The van der Waals surface area contributed by atoms with Gasteiger partial charge in [-0.1, -0.05) is 0 Å². The summed E-state index contributed by atoms with van der Waals surface area (Å²) in [6.07, 6.45) is 0. The summed E-state index contributed by atoms with van der Waals surface area (Å²) < 4.78 is 18.8. The van der Waals surface area contributed by atoms with E-state index < -0.39 is 17.8 Å². The van der Waals surface area contributed by atoms with Crippen molar-refractivity contribution in [1.82, 2.24) is 4.90 Å². The highest BCUT2D eigenvalue weighted by molar-refractivity contribution is 5.93. The van der Waals surface area contributed by atoms with Crippen LogP contribution in [0.3, 0.4) is 0 Å². The van der Waals surface area contributed by atoms with Crippen LogP contribution >= 0.6 is 0 Å². The summed E-state index contributed by atoms with van der Waals surface area (Å²) in [5.41, 5.74) is -0.251. The van der Waals surface area contributed by atoms with E-state index in [0.717, 1.165) is 18.2 Å². The van der Waals surface area contributed by atoms with Crippen molar-refractivity contribution in [2.75, 3.05) is 31.6 Å². The number of halogens is 1. The number of nitrogens with one attached hydrogen (secondary N) is 1. The molecule has 1 aromatic carbocycles. The molecule has 0 aliphatic rings. The third kappa shape index (κ3) is 5.03. The summed E-state index contributed by atoms with van der Waals surface area (Å²) in [6, 6.07) is 2.74. The van der Waals surface area contributed by atoms with Gasteiger partial charge in [0.15, 0.2) is 0 Å². The van der Waals surface area contributed by atoms with E-state index in [2.05, 4.69) is 5.32 Å². The molecule has 0 aliphatic carbocycles. The highest BCUT2D eigenvalue weighted by Gasteiger charge is 2.15. The zero-order valence-electron chi connectivity index (χ0n) is 12.1. The molecule has 0 saturated carbocycles. The number of likely N-dealkylation sites (N-methyl/N-ethyl adjacent to an activating group) is 1. The molecule has 0 bridgehead atoms. The number of amides is 2. The molecule has 0 fully saturated rings. The van der Waals surface area contributed by atoms with Gasteiger partial charge in [-0.2, -0.15) is 0 Å². The van der Waals surface area contributed by atoms with Crippen LogP contribution in [0.2, 0.25) is 0 Å². The average Bonchev–Trinajstić information content (AvgIpc) is 2.45. The van der Waals surface area contributed by atoms with Crippen LogP contribution in [0.5, 0.6) is 0 Å². The predicted octanol–water partition coefficient (Wildman–Crippen LogP) is 2.41. The summed E-state index contributed by atoms with van der Waals surface area (Å²) in [4.78, 5) is 24.3. The molecule has 0 aliphatic heterocycles. The number of rotatable bonds is 7. The Morgan fingerprint density at radius 1 is 1.38 bits per heavy atom. The Bertz CT molecular complexity index is 508. The highest BCUT2D eigenvalue weighted by Crippen LogP contribution is 2.17. The topological polar surface area (TPSA) is 78.9 Å². The SMILES string of the molecule is CCOCCN(CC)C(=O)Nc1cc(C(=O)O)ccc1F. The number of benzene rings is 1. The lowest BCUT2D eigenvalue weighted by Crippen LogP contribution is -2.37. The quantitative estimate of drug-likeness (QED) is 0.758. The second-order valence-corrected chi connectivity index (χ2v) is 4.21. The van der Waals surface area contributed by atoms with E-state index >= 15 is 0 Å². The Balaban J connectivity index is 2.76. The molecule has 116 valence electrons. The second kappa shape index (κ2) is 8.21. The maximum Gasteiger partial charge on any atom is 0.335 e. The molecule has 0 spiro atoms. The van der Waals surface area contributed by atoms with Gasteiger partial charge >= 0.3 is 12.0 Å². The van der Waals surface area contributed by atoms with Crippen LogP contribution in [0, 0.1) is 5.82 Å². The lowest BCUT2D eigenvalue weighted by molar-refractivity contribution is 0.0697. The lowest BCUT2D eigenvalue weighted by atomic mass is 10.2. The number of carbonyl (C=O) groups is 2. The molecule has 1 aromatic rings. The average molecular weight is 298 g/mol. The van der Waals surface area contributed by atoms with Crippen LogP contribution in [-0.4, -0.2) is 48.3 Å². The van der Waals surface area contributed by atoms with Gasteiger partial charge in [0.25, 0.3) is 0 Å². The molecule has 2 amide bonds. The van der Waals surface area contributed by atoms with Crippen LogP contribution < -0.4 is 5.32 Å². The van der Waals surface area contributed by atoms with Crippen LogP contribution in [0.1, 0.15) is 24.2 Å². The number of hydrogen-bond donors (Lipinski definition) is 2. The van der Waals surface area contributed by atoms with Crippen molar-refractivity contribution in [2.45, 2.75) is 13.8 Å². The minimum Gasteiger partial charge on any atom is -0.478 e. The second-order valence-electron chi connectivity index (χ2n) is 4.21.